The second-order valence-corrected chi connectivity index (χ2v) is 10.9. The summed E-state index contributed by atoms with van der Waals surface area (Å²) in [5, 5.41) is 11.8. The van der Waals surface area contributed by atoms with Crippen LogP contribution in [0.15, 0.2) is 103 Å². The first-order valence-electron chi connectivity index (χ1n) is 13.1. The highest BCUT2D eigenvalue weighted by Gasteiger charge is 2.71. The van der Waals surface area contributed by atoms with Gasteiger partial charge in [-0.05, 0) is 41.5 Å². The van der Waals surface area contributed by atoms with Gasteiger partial charge in [0.05, 0.1) is 11.0 Å². The van der Waals surface area contributed by atoms with Gasteiger partial charge in [-0.3, -0.25) is 24.5 Å². The van der Waals surface area contributed by atoms with Crippen molar-refractivity contribution in [2.45, 2.75) is 18.0 Å². The number of ketones is 3. The van der Waals surface area contributed by atoms with E-state index in [9.17, 15) is 24.5 Å². The molecule has 1 spiro atoms. The molecule has 1 saturated heterocycles. The highest BCUT2D eigenvalue weighted by molar-refractivity contribution is 6.32. The third-order valence-electron chi connectivity index (χ3n) is 8.57. The lowest BCUT2D eigenvalue weighted by molar-refractivity contribution is -0.384. The summed E-state index contributed by atoms with van der Waals surface area (Å²) >= 11 is 6.25. The minimum absolute atomic E-state index is 0.139. The van der Waals surface area contributed by atoms with Crippen LogP contribution in [-0.4, -0.2) is 34.4 Å². The smallest absolute Gasteiger partial charge is 0.269 e. The summed E-state index contributed by atoms with van der Waals surface area (Å²) in [6.45, 7) is 0. The van der Waals surface area contributed by atoms with Crippen molar-refractivity contribution >= 4 is 46.4 Å². The SMILES string of the molecule is O=C(c1ccc([N+](=O)[O-])cc1)[C@@H]1[C@@H](c2ccc(Cl)cc2)C2(C(=O)c3ccccc3C2=O)[C@H]2C=Cc3ccccc3N12. The number of anilines is 1. The van der Waals surface area contributed by atoms with Crippen molar-refractivity contribution < 1.29 is 19.3 Å². The van der Waals surface area contributed by atoms with E-state index < -0.39 is 28.3 Å². The van der Waals surface area contributed by atoms with Gasteiger partial charge in [0.1, 0.15) is 11.5 Å². The van der Waals surface area contributed by atoms with Crippen molar-refractivity contribution in [3.63, 3.8) is 0 Å². The molecule has 4 aromatic carbocycles. The zero-order valence-corrected chi connectivity index (χ0v) is 22.2. The van der Waals surface area contributed by atoms with E-state index in [1.165, 1.54) is 24.3 Å². The molecule has 1 aliphatic carbocycles. The Bertz CT molecular complexity index is 1780. The van der Waals surface area contributed by atoms with E-state index in [1.807, 2.05) is 41.3 Å². The van der Waals surface area contributed by atoms with Crippen molar-refractivity contribution in [3.05, 3.63) is 146 Å². The van der Waals surface area contributed by atoms with Gasteiger partial charge in [0.25, 0.3) is 5.69 Å². The van der Waals surface area contributed by atoms with E-state index in [0.29, 0.717) is 21.7 Å². The van der Waals surface area contributed by atoms with E-state index in [1.54, 1.807) is 48.5 Å². The maximum atomic E-state index is 14.6. The summed E-state index contributed by atoms with van der Waals surface area (Å²) in [7, 11) is 0. The molecular formula is C33H21ClN2O5. The number of non-ortho nitro benzene ring substituents is 1. The number of hydrogen-bond acceptors (Lipinski definition) is 6. The summed E-state index contributed by atoms with van der Waals surface area (Å²) in [6, 6.07) is 25.0. The van der Waals surface area contributed by atoms with E-state index in [4.69, 9.17) is 11.6 Å². The third kappa shape index (κ3) is 3.42. The Hall–Kier alpha value is -4.88. The van der Waals surface area contributed by atoms with Crippen LogP contribution in [0.2, 0.25) is 5.02 Å². The van der Waals surface area contributed by atoms with Gasteiger partial charge in [-0.1, -0.05) is 78.4 Å². The van der Waals surface area contributed by atoms with Crippen LogP contribution in [0.1, 0.15) is 48.1 Å². The fraction of sp³-hybridized carbons (Fsp3) is 0.121. The molecule has 4 aromatic rings. The maximum Gasteiger partial charge on any atom is 0.269 e. The number of nitro groups is 1. The summed E-state index contributed by atoms with van der Waals surface area (Å²) in [5.41, 5.74) is 1.38. The molecule has 7 nitrogen and oxygen atoms in total. The third-order valence-corrected chi connectivity index (χ3v) is 8.83. The van der Waals surface area contributed by atoms with Gasteiger partial charge < -0.3 is 4.90 Å². The molecule has 0 saturated carbocycles. The lowest BCUT2D eigenvalue weighted by Crippen LogP contribution is -2.48. The molecule has 0 aromatic heterocycles. The zero-order chi connectivity index (χ0) is 28.5. The van der Waals surface area contributed by atoms with Gasteiger partial charge in [0.15, 0.2) is 17.3 Å². The largest absolute Gasteiger partial charge is 0.352 e. The average Bonchev–Trinajstić information content (AvgIpc) is 3.43. The molecular weight excluding hydrogens is 540 g/mol. The van der Waals surface area contributed by atoms with Crippen molar-refractivity contribution in [2.24, 2.45) is 5.41 Å². The number of rotatable bonds is 4. The molecule has 0 radical (unpaired) electrons. The molecule has 3 aliphatic rings. The van der Waals surface area contributed by atoms with Gasteiger partial charge in [0, 0.05) is 45.5 Å². The molecule has 3 atom stereocenters. The van der Waals surface area contributed by atoms with E-state index in [2.05, 4.69) is 0 Å². The molecule has 0 amide bonds. The predicted octanol–water partition coefficient (Wildman–Crippen LogP) is 6.56. The van der Waals surface area contributed by atoms with E-state index >= 15 is 0 Å². The minimum Gasteiger partial charge on any atom is -0.352 e. The fourth-order valence-electron chi connectivity index (χ4n) is 6.88. The van der Waals surface area contributed by atoms with Crippen LogP contribution in [0.3, 0.4) is 0 Å². The number of hydrogen-bond donors (Lipinski definition) is 0. The summed E-state index contributed by atoms with van der Waals surface area (Å²) in [5.74, 6) is -1.87. The average molecular weight is 561 g/mol. The number of carbonyl (C=O) groups is 3. The number of nitro benzene ring substituents is 1. The van der Waals surface area contributed by atoms with Crippen LogP contribution in [0.4, 0.5) is 11.4 Å². The second kappa shape index (κ2) is 9.08. The summed E-state index contributed by atoms with van der Waals surface area (Å²) in [6.07, 6.45) is 3.76. The number of Topliss-reactive ketones (excluding diaryl/α,β-unsaturated/α-hetero) is 3. The lowest BCUT2D eigenvalue weighted by atomic mass is 9.64. The van der Waals surface area contributed by atoms with Crippen LogP contribution >= 0.6 is 11.6 Å². The first kappa shape index (κ1) is 25.1. The van der Waals surface area contributed by atoms with Gasteiger partial charge in [-0.15, -0.1) is 0 Å². The number of para-hydroxylation sites is 1. The van der Waals surface area contributed by atoms with Gasteiger partial charge in [-0.25, -0.2) is 0 Å². The number of carbonyl (C=O) groups excluding carboxylic acids is 3. The van der Waals surface area contributed by atoms with Crippen LogP contribution in [0.5, 0.6) is 0 Å². The standard InChI is InChI=1S/C33H21ClN2O5/c34-22-14-9-20(10-15-22)28-29(30(37)21-11-16-23(17-12-21)36(40)41)35-26-8-4-1-5-19(26)13-18-27(35)33(28)31(38)24-6-2-3-7-25(24)32(33)39/h1-18,27-29H/t27-,28-,29+/m1/s1. The molecule has 0 bridgehead atoms. The Morgan fingerprint density at radius 2 is 1.44 bits per heavy atom. The Balaban J connectivity index is 1.52. The number of fused-ring (bicyclic) bond motifs is 5. The molecule has 1 fully saturated rings. The minimum atomic E-state index is -1.62. The zero-order valence-electron chi connectivity index (χ0n) is 21.4. The highest BCUT2D eigenvalue weighted by Crippen LogP contribution is 2.61. The van der Waals surface area contributed by atoms with Gasteiger partial charge >= 0.3 is 0 Å². The molecule has 8 heteroatoms. The monoisotopic (exact) mass is 560 g/mol. The maximum absolute atomic E-state index is 14.6. The number of nitrogens with zero attached hydrogens (tertiary/aromatic N) is 2. The second-order valence-electron chi connectivity index (χ2n) is 10.5. The van der Waals surface area contributed by atoms with Crippen molar-refractivity contribution in [1.82, 2.24) is 0 Å². The predicted molar refractivity (Wildman–Crippen MR) is 155 cm³/mol. The molecule has 2 heterocycles. The first-order chi connectivity index (χ1) is 19.8. The molecule has 7 rings (SSSR count). The lowest BCUT2D eigenvalue weighted by Gasteiger charge is -2.37. The van der Waals surface area contributed by atoms with Crippen LogP contribution in [-0.2, 0) is 0 Å². The van der Waals surface area contributed by atoms with Crippen molar-refractivity contribution in [1.29, 1.82) is 0 Å². The normalized spacial score (nSPS) is 21.5. The Kier molecular flexibility index (Phi) is 5.56. The van der Waals surface area contributed by atoms with E-state index in [-0.39, 0.29) is 28.6 Å². The van der Waals surface area contributed by atoms with Crippen molar-refractivity contribution in [2.75, 3.05) is 4.90 Å². The molecule has 41 heavy (non-hydrogen) atoms. The van der Waals surface area contributed by atoms with E-state index in [0.717, 1.165) is 11.3 Å². The number of halogens is 1. The Labute approximate surface area is 239 Å². The Morgan fingerprint density at radius 3 is 2.07 bits per heavy atom. The summed E-state index contributed by atoms with van der Waals surface area (Å²) < 4.78 is 0. The highest BCUT2D eigenvalue weighted by atomic mass is 35.5. The van der Waals surface area contributed by atoms with Crippen molar-refractivity contribution in [3.8, 4) is 0 Å². The van der Waals surface area contributed by atoms with Gasteiger partial charge in [-0.2, -0.15) is 0 Å². The van der Waals surface area contributed by atoms with Crippen LogP contribution in [0, 0.1) is 15.5 Å². The molecule has 2 aliphatic heterocycles. The first-order valence-corrected chi connectivity index (χ1v) is 13.5. The molecule has 0 N–H and O–H groups in total. The topological polar surface area (TPSA) is 97.6 Å². The van der Waals surface area contributed by atoms with Crippen LogP contribution in [0.25, 0.3) is 6.08 Å². The Morgan fingerprint density at radius 1 is 0.829 bits per heavy atom. The molecule has 200 valence electrons. The quantitative estimate of drug-likeness (QED) is 0.121. The van der Waals surface area contributed by atoms with Crippen LogP contribution < -0.4 is 4.90 Å². The summed E-state index contributed by atoms with van der Waals surface area (Å²) in [4.78, 5) is 56.4. The number of benzene rings is 4. The molecule has 0 unspecified atom stereocenters. The van der Waals surface area contributed by atoms with Gasteiger partial charge in [0.2, 0.25) is 0 Å². The fourth-order valence-corrected chi connectivity index (χ4v) is 7.00.